The molecule has 8 heteroatoms. The van der Waals surface area contributed by atoms with Gasteiger partial charge in [0, 0.05) is 44.5 Å². The molecule has 140 valence electrons. The Bertz CT molecular complexity index is 877. The van der Waals surface area contributed by atoms with Crippen LogP contribution >= 0.6 is 0 Å². The maximum atomic E-state index is 12.8. The zero-order chi connectivity index (χ0) is 18.7. The van der Waals surface area contributed by atoms with Crippen molar-refractivity contribution in [3.8, 4) is 0 Å². The molecule has 26 heavy (non-hydrogen) atoms. The van der Waals surface area contributed by atoms with Crippen LogP contribution in [0.2, 0.25) is 0 Å². The van der Waals surface area contributed by atoms with E-state index in [1.54, 1.807) is 22.5 Å². The first-order valence-corrected chi connectivity index (χ1v) is 10.3. The molecule has 1 saturated heterocycles. The molecule has 2 aromatic rings. The van der Waals surface area contributed by atoms with Gasteiger partial charge in [-0.25, -0.2) is 13.4 Å². The van der Waals surface area contributed by atoms with Crippen molar-refractivity contribution in [1.82, 2.24) is 14.3 Å². The molecule has 2 heterocycles. The zero-order valence-electron chi connectivity index (χ0n) is 15.4. The molecule has 1 fully saturated rings. The maximum Gasteiger partial charge on any atom is 0.243 e. The van der Waals surface area contributed by atoms with E-state index in [1.807, 2.05) is 37.8 Å². The highest BCUT2D eigenvalue weighted by atomic mass is 32.2. The van der Waals surface area contributed by atoms with E-state index in [0.29, 0.717) is 37.0 Å². The van der Waals surface area contributed by atoms with E-state index >= 15 is 0 Å². The number of rotatable bonds is 5. The minimum Gasteiger partial charge on any atom is -0.370 e. The SMILES string of the molecule is CCNc1cc(C)nc(N2CCN(S(=O)(=O)c3cccc(C)c3)CC2)n1. The fraction of sp³-hybridized carbons (Fsp3) is 0.444. The number of hydrogen-bond acceptors (Lipinski definition) is 6. The Balaban J connectivity index is 1.73. The van der Waals surface area contributed by atoms with Crippen molar-refractivity contribution < 1.29 is 8.42 Å². The number of nitrogens with zero attached hydrogens (tertiary/aromatic N) is 4. The minimum atomic E-state index is -3.46. The van der Waals surface area contributed by atoms with Crippen LogP contribution in [0, 0.1) is 13.8 Å². The van der Waals surface area contributed by atoms with Crippen LogP contribution in [0.1, 0.15) is 18.2 Å². The fourth-order valence-corrected chi connectivity index (χ4v) is 4.55. The van der Waals surface area contributed by atoms with Gasteiger partial charge >= 0.3 is 0 Å². The summed E-state index contributed by atoms with van der Waals surface area (Å²) >= 11 is 0. The molecule has 1 aromatic heterocycles. The van der Waals surface area contributed by atoms with Crippen molar-refractivity contribution >= 4 is 21.8 Å². The van der Waals surface area contributed by atoms with E-state index in [9.17, 15) is 8.42 Å². The number of benzene rings is 1. The maximum absolute atomic E-state index is 12.8. The highest BCUT2D eigenvalue weighted by Gasteiger charge is 2.29. The largest absolute Gasteiger partial charge is 0.370 e. The average Bonchev–Trinajstić information content (AvgIpc) is 2.61. The Labute approximate surface area is 155 Å². The molecule has 1 aliphatic rings. The highest BCUT2D eigenvalue weighted by Crippen LogP contribution is 2.21. The Morgan fingerprint density at radius 1 is 1.08 bits per heavy atom. The fourth-order valence-electron chi connectivity index (χ4n) is 3.02. The summed E-state index contributed by atoms with van der Waals surface area (Å²) < 4.78 is 27.2. The molecule has 1 aliphatic heterocycles. The second-order valence-electron chi connectivity index (χ2n) is 6.43. The van der Waals surface area contributed by atoms with E-state index in [1.165, 1.54) is 0 Å². The minimum absolute atomic E-state index is 0.354. The zero-order valence-corrected chi connectivity index (χ0v) is 16.3. The summed E-state index contributed by atoms with van der Waals surface area (Å²) in [6, 6.07) is 8.95. The molecular weight excluding hydrogens is 350 g/mol. The highest BCUT2D eigenvalue weighted by molar-refractivity contribution is 7.89. The van der Waals surface area contributed by atoms with Gasteiger partial charge in [0.05, 0.1) is 4.90 Å². The van der Waals surface area contributed by atoms with Gasteiger partial charge in [-0.15, -0.1) is 0 Å². The molecule has 3 rings (SSSR count). The van der Waals surface area contributed by atoms with Gasteiger partial charge in [0.1, 0.15) is 5.82 Å². The summed E-state index contributed by atoms with van der Waals surface area (Å²) in [4.78, 5) is 11.4. The molecule has 1 N–H and O–H groups in total. The summed E-state index contributed by atoms with van der Waals surface area (Å²) in [5.41, 5.74) is 1.83. The monoisotopic (exact) mass is 375 g/mol. The predicted molar refractivity (Wildman–Crippen MR) is 103 cm³/mol. The third kappa shape index (κ3) is 3.96. The number of sulfonamides is 1. The number of piperazine rings is 1. The molecule has 0 bridgehead atoms. The third-order valence-electron chi connectivity index (χ3n) is 4.35. The normalized spacial score (nSPS) is 15.9. The molecule has 0 atom stereocenters. The van der Waals surface area contributed by atoms with Gasteiger partial charge in [0.25, 0.3) is 0 Å². The van der Waals surface area contributed by atoms with Gasteiger partial charge in [0.15, 0.2) is 0 Å². The van der Waals surface area contributed by atoms with Crippen molar-refractivity contribution in [2.45, 2.75) is 25.7 Å². The number of anilines is 2. The summed E-state index contributed by atoms with van der Waals surface area (Å²) in [5, 5.41) is 3.20. The molecule has 0 amide bonds. The van der Waals surface area contributed by atoms with Crippen LogP contribution in [0.25, 0.3) is 0 Å². The summed E-state index contributed by atoms with van der Waals surface area (Å²) in [5.74, 6) is 1.44. The summed E-state index contributed by atoms with van der Waals surface area (Å²) in [6.07, 6.45) is 0. The Hall–Kier alpha value is -2.19. The van der Waals surface area contributed by atoms with Gasteiger partial charge in [-0.1, -0.05) is 12.1 Å². The first-order valence-electron chi connectivity index (χ1n) is 8.81. The second kappa shape index (κ2) is 7.59. The van der Waals surface area contributed by atoms with Gasteiger partial charge in [-0.3, -0.25) is 0 Å². The first-order chi connectivity index (χ1) is 12.4. The van der Waals surface area contributed by atoms with Crippen LogP contribution < -0.4 is 10.2 Å². The van der Waals surface area contributed by atoms with E-state index in [4.69, 9.17) is 0 Å². The topological polar surface area (TPSA) is 78.4 Å². The van der Waals surface area contributed by atoms with Crippen molar-refractivity contribution in [3.63, 3.8) is 0 Å². The molecule has 0 unspecified atom stereocenters. The number of aryl methyl sites for hydroxylation is 2. The van der Waals surface area contributed by atoms with Gasteiger partial charge in [-0.05, 0) is 38.5 Å². The molecule has 1 aromatic carbocycles. The van der Waals surface area contributed by atoms with Crippen LogP contribution in [0.15, 0.2) is 35.2 Å². The molecule has 7 nitrogen and oxygen atoms in total. The number of hydrogen-bond donors (Lipinski definition) is 1. The third-order valence-corrected chi connectivity index (χ3v) is 6.24. The van der Waals surface area contributed by atoms with Gasteiger partial charge < -0.3 is 10.2 Å². The lowest BCUT2D eigenvalue weighted by Crippen LogP contribution is -2.49. The van der Waals surface area contributed by atoms with Crippen molar-refractivity contribution in [1.29, 1.82) is 0 Å². The van der Waals surface area contributed by atoms with Crippen LogP contribution in [-0.4, -0.2) is 55.4 Å². The molecular formula is C18H25N5O2S. The van der Waals surface area contributed by atoms with Crippen molar-refractivity contribution in [3.05, 3.63) is 41.6 Å². The molecule has 0 saturated carbocycles. The first kappa shape index (κ1) is 18.6. The predicted octanol–water partition coefficient (Wildman–Crippen LogP) is 2.04. The Morgan fingerprint density at radius 3 is 2.46 bits per heavy atom. The van der Waals surface area contributed by atoms with Crippen LogP contribution in [0.4, 0.5) is 11.8 Å². The van der Waals surface area contributed by atoms with Crippen LogP contribution in [-0.2, 0) is 10.0 Å². The average molecular weight is 375 g/mol. The van der Waals surface area contributed by atoms with Crippen molar-refractivity contribution in [2.24, 2.45) is 0 Å². The number of nitrogens with one attached hydrogen (secondary N) is 1. The lowest BCUT2D eigenvalue weighted by molar-refractivity contribution is 0.382. The Morgan fingerprint density at radius 2 is 1.81 bits per heavy atom. The summed E-state index contributed by atoms with van der Waals surface area (Å²) in [6.45, 7) is 8.62. The summed E-state index contributed by atoms with van der Waals surface area (Å²) in [7, 11) is -3.46. The van der Waals surface area contributed by atoms with Crippen molar-refractivity contribution in [2.75, 3.05) is 42.9 Å². The second-order valence-corrected chi connectivity index (χ2v) is 8.37. The van der Waals surface area contributed by atoms with E-state index in [-0.39, 0.29) is 0 Å². The smallest absolute Gasteiger partial charge is 0.243 e. The lowest BCUT2D eigenvalue weighted by Gasteiger charge is -2.34. The molecule has 0 aliphatic carbocycles. The molecule has 0 radical (unpaired) electrons. The quantitative estimate of drug-likeness (QED) is 0.862. The van der Waals surface area contributed by atoms with E-state index in [0.717, 1.165) is 23.6 Å². The van der Waals surface area contributed by atoms with E-state index in [2.05, 4.69) is 15.3 Å². The standard InChI is InChI=1S/C18H25N5O2S/c1-4-19-17-13-15(3)20-18(21-17)22-8-10-23(11-9-22)26(24,25)16-7-5-6-14(2)12-16/h5-7,12-13H,4,8-11H2,1-3H3,(H,19,20,21). The van der Waals surface area contributed by atoms with E-state index < -0.39 is 10.0 Å². The number of aromatic nitrogens is 2. The van der Waals surface area contributed by atoms with Gasteiger partial charge in [-0.2, -0.15) is 9.29 Å². The van der Waals surface area contributed by atoms with Crippen LogP contribution in [0.3, 0.4) is 0 Å². The van der Waals surface area contributed by atoms with Gasteiger partial charge in [0.2, 0.25) is 16.0 Å². The lowest BCUT2D eigenvalue weighted by atomic mass is 10.2. The van der Waals surface area contributed by atoms with Crippen LogP contribution in [0.5, 0.6) is 0 Å². The Kier molecular flexibility index (Phi) is 5.43. The molecule has 0 spiro atoms.